The molecule has 0 unspecified atom stereocenters. The molecule has 1 aliphatic heterocycles. The number of carbonyl (C=O) groups excluding carboxylic acids is 2. The average molecular weight is 337 g/mol. The molecule has 0 aromatic heterocycles. The van der Waals surface area contributed by atoms with Gasteiger partial charge in [-0.3, -0.25) is 4.79 Å². The van der Waals surface area contributed by atoms with Crippen LogP contribution in [0.2, 0.25) is 0 Å². The Hall–Kier alpha value is -2.15. The summed E-state index contributed by atoms with van der Waals surface area (Å²) < 4.78 is 18.4. The summed E-state index contributed by atoms with van der Waals surface area (Å²) in [5, 5.41) is 5.88. The molecule has 2 N–H and O–H groups in total. The maximum Gasteiger partial charge on any atom is 0.409 e. The first-order chi connectivity index (χ1) is 11.6. The highest BCUT2D eigenvalue weighted by Gasteiger charge is 2.24. The minimum Gasteiger partial charge on any atom is -0.450 e. The highest BCUT2D eigenvalue weighted by Crippen LogP contribution is 2.11. The number of likely N-dealkylation sites (tertiary alicyclic amines) is 1. The summed E-state index contributed by atoms with van der Waals surface area (Å²) in [6, 6.07) is 6.53. The summed E-state index contributed by atoms with van der Waals surface area (Å²) in [7, 11) is 0. The molecule has 2 amide bonds. The smallest absolute Gasteiger partial charge is 0.409 e. The van der Waals surface area contributed by atoms with E-state index in [0.29, 0.717) is 44.6 Å². The van der Waals surface area contributed by atoms with E-state index in [1.807, 2.05) is 0 Å². The van der Waals surface area contributed by atoms with E-state index < -0.39 is 0 Å². The van der Waals surface area contributed by atoms with Gasteiger partial charge in [0.25, 0.3) is 0 Å². The zero-order valence-electron chi connectivity index (χ0n) is 13.9. The Labute approximate surface area is 141 Å². The van der Waals surface area contributed by atoms with Crippen LogP contribution in [0.4, 0.5) is 9.18 Å². The second kappa shape index (κ2) is 9.22. The highest BCUT2D eigenvalue weighted by atomic mass is 19.1. The molecule has 1 fully saturated rings. The van der Waals surface area contributed by atoms with Crippen LogP contribution in [0.25, 0.3) is 0 Å². The van der Waals surface area contributed by atoms with Crippen LogP contribution < -0.4 is 10.6 Å². The van der Waals surface area contributed by atoms with E-state index >= 15 is 0 Å². The van der Waals surface area contributed by atoms with Crippen LogP contribution in [-0.2, 0) is 16.1 Å². The number of rotatable bonds is 6. The van der Waals surface area contributed by atoms with Gasteiger partial charge in [-0.2, -0.15) is 0 Å². The number of nitrogens with one attached hydrogen (secondary N) is 2. The quantitative estimate of drug-likeness (QED) is 0.828. The first kappa shape index (κ1) is 18.2. The third-order valence-electron chi connectivity index (χ3n) is 3.94. The number of piperidine rings is 1. The summed E-state index contributed by atoms with van der Waals surface area (Å²) in [4.78, 5) is 25.2. The van der Waals surface area contributed by atoms with E-state index in [9.17, 15) is 14.0 Å². The van der Waals surface area contributed by atoms with Crippen LogP contribution in [0.1, 0.15) is 25.3 Å². The largest absolute Gasteiger partial charge is 0.450 e. The lowest BCUT2D eigenvalue weighted by molar-refractivity contribution is -0.121. The third-order valence-corrected chi connectivity index (χ3v) is 3.94. The Bertz CT molecular complexity index is 560. The predicted molar refractivity (Wildman–Crippen MR) is 87.9 cm³/mol. The van der Waals surface area contributed by atoms with Gasteiger partial charge in [0.2, 0.25) is 5.91 Å². The fraction of sp³-hybridized carbons (Fsp3) is 0.529. The maximum absolute atomic E-state index is 13.5. The topological polar surface area (TPSA) is 70.7 Å². The zero-order valence-corrected chi connectivity index (χ0v) is 13.9. The minimum atomic E-state index is -0.297. The van der Waals surface area contributed by atoms with Gasteiger partial charge in [0.1, 0.15) is 5.82 Å². The van der Waals surface area contributed by atoms with Crippen molar-refractivity contribution in [3.63, 3.8) is 0 Å². The lowest BCUT2D eigenvalue weighted by Gasteiger charge is -2.31. The molecule has 0 bridgehead atoms. The zero-order chi connectivity index (χ0) is 17.4. The number of amides is 2. The Kier molecular flexibility index (Phi) is 6.99. The van der Waals surface area contributed by atoms with Crippen molar-refractivity contribution in [2.45, 2.75) is 32.4 Å². The van der Waals surface area contributed by atoms with Crippen molar-refractivity contribution in [2.75, 3.05) is 26.2 Å². The highest BCUT2D eigenvalue weighted by molar-refractivity contribution is 5.78. The fourth-order valence-corrected chi connectivity index (χ4v) is 2.65. The van der Waals surface area contributed by atoms with Crippen molar-refractivity contribution in [3.05, 3.63) is 35.6 Å². The molecule has 1 aliphatic rings. The summed E-state index contributed by atoms with van der Waals surface area (Å²) in [6.45, 7) is 3.73. The molecular formula is C17H24FN3O3. The number of nitrogens with zero attached hydrogens (tertiary/aromatic N) is 1. The van der Waals surface area contributed by atoms with Gasteiger partial charge in [-0.15, -0.1) is 0 Å². The van der Waals surface area contributed by atoms with Crippen molar-refractivity contribution >= 4 is 12.0 Å². The Balaban J connectivity index is 1.65. The Morgan fingerprint density at radius 3 is 2.67 bits per heavy atom. The normalized spacial score (nSPS) is 15.2. The van der Waals surface area contributed by atoms with Gasteiger partial charge in [-0.05, 0) is 25.8 Å². The van der Waals surface area contributed by atoms with Crippen LogP contribution >= 0.6 is 0 Å². The molecule has 1 saturated heterocycles. The van der Waals surface area contributed by atoms with Gasteiger partial charge in [0, 0.05) is 31.2 Å². The minimum absolute atomic E-state index is 0.0541. The van der Waals surface area contributed by atoms with Gasteiger partial charge >= 0.3 is 6.09 Å². The van der Waals surface area contributed by atoms with E-state index in [4.69, 9.17) is 4.74 Å². The molecule has 1 aromatic carbocycles. The number of hydrogen-bond donors (Lipinski definition) is 2. The van der Waals surface area contributed by atoms with Crippen LogP contribution in [0.5, 0.6) is 0 Å². The molecule has 2 rings (SSSR count). The summed E-state index contributed by atoms with van der Waals surface area (Å²) in [6.07, 6.45) is 1.12. The summed E-state index contributed by atoms with van der Waals surface area (Å²) in [5.74, 6) is -0.405. The molecule has 1 heterocycles. The van der Waals surface area contributed by atoms with E-state index in [1.165, 1.54) is 6.07 Å². The van der Waals surface area contributed by atoms with Crippen molar-refractivity contribution in [3.8, 4) is 0 Å². The molecule has 0 aliphatic carbocycles. The first-order valence-corrected chi connectivity index (χ1v) is 8.25. The molecule has 0 spiro atoms. The molecule has 132 valence electrons. The van der Waals surface area contributed by atoms with E-state index in [0.717, 1.165) is 0 Å². The molecular weight excluding hydrogens is 313 g/mol. The van der Waals surface area contributed by atoms with Crippen molar-refractivity contribution in [1.29, 1.82) is 0 Å². The van der Waals surface area contributed by atoms with E-state index in [-0.39, 0.29) is 30.4 Å². The number of halogens is 1. The van der Waals surface area contributed by atoms with Gasteiger partial charge in [-0.25, -0.2) is 9.18 Å². The summed E-state index contributed by atoms with van der Waals surface area (Å²) in [5.41, 5.74) is 0.535. The molecule has 0 atom stereocenters. The molecule has 0 radical (unpaired) electrons. The molecule has 24 heavy (non-hydrogen) atoms. The van der Waals surface area contributed by atoms with Crippen molar-refractivity contribution in [1.82, 2.24) is 15.5 Å². The van der Waals surface area contributed by atoms with Gasteiger partial charge in [-0.1, -0.05) is 18.2 Å². The lowest BCUT2D eigenvalue weighted by atomic mass is 10.1. The van der Waals surface area contributed by atoms with Crippen LogP contribution in [-0.4, -0.2) is 49.2 Å². The molecule has 0 saturated carbocycles. The van der Waals surface area contributed by atoms with Crippen molar-refractivity contribution < 1.29 is 18.7 Å². The second-order valence-electron chi connectivity index (χ2n) is 5.72. The van der Waals surface area contributed by atoms with Gasteiger partial charge < -0.3 is 20.3 Å². The second-order valence-corrected chi connectivity index (χ2v) is 5.72. The number of hydrogen-bond acceptors (Lipinski definition) is 4. The fourth-order valence-electron chi connectivity index (χ4n) is 2.65. The monoisotopic (exact) mass is 337 g/mol. The van der Waals surface area contributed by atoms with Gasteiger partial charge in [0.15, 0.2) is 0 Å². The third kappa shape index (κ3) is 5.49. The molecule has 1 aromatic rings. The number of carbonyl (C=O) groups is 2. The number of ether oxygens (including phenoxy) is 1. The SMILES string of the molecule is CCOC(=O)N1CCC(NC(=O)CNCc2ccccc2F)CC1. The predicted octanol–water partition coefficient (Wildman–Crippen LogP) is 1.65. The van der Waals surface area contributed by atoms with E-state index in [1.54, 1.807) is 30.0 Å². The number of benzene rings is 1. The Morgan fingerprint density at radius 1 is 1.29 bits per heavy atom. The maximum atomic E-state index is 13.5. The molecule has 7 heteroatoms. The average Bonchev–Trinajstić information content (AvgIpc) is 2.57. The summed E-state index contributed by atoms with van der Waals surface area (Å²) >= 11 is 0. The lowest BCUT2D eigenvalue weighted by Crippen LogP contribution is -2.48. The standard InChI is InChI=1S/C17H24FN3O3/c1-2-24-17(23)21-9-7-14(8-10-21)20-16(22)12-19-11-13-5-3-4-6-15(13)18/h3-6,14,19H,2,7-12H2,1H3,(H,20,22). The Morgan fingerprint density at radius 2 is 2.00 bits per heavy atom. The van der Waals surface area contributed by atoms with Crippen LogP contribution in [0.15, 0.2) is 24.3 Å². The van der Waals surface area contributed by atoms with Gasteiger partial charge in [0.05, 0.1) is 13.2 Å². The van der Waals surface area contributed by atoms with Crippen molar-refractivity contribution in [2.24, 2.45) is 0 Å². The van der Waals surface area contributed by atoms with E-state index in [2.05, 4.69) is 10.6 Å². The van der Waals surface area contributed by atoms with Crippen LogP contribution in [0.3, 0.4) is 0 Å². The molecule has 6 nitrogen and oxygen atoms in total. The first-order valence-electron chi connectivity index (χ1n) is 8.25. The van der Waals surface area contributed by atoms with Crippen LogP contribution in [0, 0.1) is 5.82 Å².